The van der Waals surface area contributed by atoms with Crippen LogP contribution in [0.2, 0.25) is 0 Å². The Balaban J connectivity index is 1.52. The largest absolute Gasteiger partial charge is 0.417 e. The van der Waals surface area contributed by atoms with Gasteiger partial charge in [-0.3, -0.25) is 0 Å². The molecule has 0 spiro atoms. The fourth-order valence-corrected chi connectivity index (χ4v) is 5.08. The van der Waals surface area contributed by atoms with Crippen LogP contribution in [0.1, 0.15) is 62.6 Å². The molecule has 3 rings (SSSR count). The average molecular weight is 461 g/mol. The Hall–Kier alpha value is -2.13. The number of nitriles is 1. The van der Waals surface area contributed by atoms with E-state index in [1.807, 2.05) is 16.7 Å². The molecule has 0 amide bonds. The molecule has 0 bridgehead atoms. The van der Waals surface area contributed by atoms with Crippen molar-refractivity contribution in [2.45, 2.75) is 63.4 Å². The van der Waals surface area contributed by atoms with Crippen molar-refractivity contribution in [2.24, 2.45) is 5.41 Å². The van der Waals surface area contributed by atoms with Gasteiger partial charge in [-0.05, 0) is 85.6 Å². The van der Waals surface area contributed by atoms with Crippen molar-refractivity contribution in [2.75, 3.05) is 23.7 Å². The quantitative estimate of drug-likeness (QED) is 0.378. The predicted octanol–water partition coefficient (Wildman–Crippen LogP) is 7.71. The maximum absolute atomic E-state index is 13.3. The van der Waals surface area contributed by atoms with Crippen LogP contribution in [0.15, 0.2) is 47.4 Å². The zero-order valence-electron chi connectivity index (χ0n) is 18.8. The molecule has 1 aliphatic heterocycles. The number of hydrogen-bond donors (Lipinski definition) is 0. The van der Waals surface area contributed by atoms with E-state index in [0.29, 0.717) is 5.69 Å². The Morgan fingerprint density at radius 3 is 2.38 bits per heavy atom. The molecule has 1 saturated heterocycles. The van der Waals surface area contributed by atoms with Crippen molar-refractivity contribution >= 4 is 17.4 Å². The summed E-state index contributed by atoms with van der Waals surface area (Å²) >= 11 is 1.89. The molecule has 0 unspecified atom stereocenters. The lowest BCUT2D eigenvalue weighted by atomic mass is 9.76. The lowest BCUT2D eigenvalue weighted by Gasteiger charge is -2.41. The van der Waals surface area contributed by atoms with Crippen LogP contribution in [0.4, 0.5) is 18.9 Å². The second-order valence-corrected chi connectivity index (χ2v) is 10.2. The van der Waals surface area contributed by atoms with Crippen LogP contribution in [0, 0.1) is 16.7 Å². The molecule has 1 heterocycles. The van der Waals surface area contributed by atoms with E-state index in [-0.39, 0.29) is 11.0 Å². The molecular weight excluding hydrogens is 429 g/mol. The minimum atomic E-state index is -4.52. The van der Waals surface area contributed by atoms with E-state index in [2.05, 4.69) is 38.1 Å². The molecule has 32 heavy (non-hydrogen) atoms. The van der Waals surface area contributed by atoms with Gasteiger partial charge >= 0.3 is 6.18 Å². The molecule has 0 saturated carbocycles. The zero-order chi connectivity index (χ0) is 23.2. The number of hydrogen-bond acceptors (Lipinski definition) is 3. The van der Waals surface area contributed by atoms with Crippen LogP contribution < -0.4 is 4.90 Å². The summed E-state index contributed by atoms with van der Waals surface area (Å²) in [7, 11) is 0. The van der Waals surface area contributed by atoms with Crippen molar-refractivity contribution in [3.8, 4) is 6.07 Å². The van der Waals surface area contributed by atoms with Gasteiger partial charge in [0.2, 0.25) is 0 Å². The number of aryl methyl sites for hydroxylation is 1. The first-order valence-corrected chi connectivity index (χ1v) is 12.3. The molecule has 0 atom stereocenters. The van der Waals surface area contributed by atoms with Gasteiger partial charge in [-0.2, -0.15) is 18.4 Å². The summed E-state index contributed by atoms with van der Waals surface area (Å²) in [5.41, 5.74) is 0.973. The molecule has 0 aromatic heterocycles. The van der Waals surface area contributed by atoms with Crippen molar-refractivity contribution in [1.29, 1.82) is 5.26 Å². The lowest BCUT2D eigenvalue weighted by Crippen LogP contribution is -2.38. The summed E-state index contributed by atoms with van der Waals surface area (Å²) in [6.45, 7) is 5.97. The number of benzene rings is 2. The number of anilines is 1. The Morgan fingerprint density at radius 1 is 1.09 bits per heavy atom. The first-order chi connectivity index (χ1) is 15.2. The standard InChI is InChI=1S/C26H31F3N2S/c1-3-17-32-23-10-6-20(7-11-23)5-4-12-25(2)13-15-31(16-14-25)22-9-8-21(19-30)24(18-22)26(27,28)29/h6-11,18H,3-5,12-17H2,1-2H3. The van der Waals surface area contributed by atoms with E-state index in [1.165, 1.54) is 22.9 Å². The number of nitrogens with zero attached hydrogens (tertiary/aromatic N) is 2. The minimum Gasteiger partial charge on any atom is -0.371 e. The van der Waals surface area contributed by atoms with Crippen LogP contribution in [-0.2, 0) is 12.6 Å². The van der Waals surface area contributed by atoms with Crippen LogP contribution in [0.25, 0.3) is 0 Å². The number of alkyl halides is 3. The minimum absolute atomic E-state index is 0.215. The van der Waals surface area contributed by atoms with E-state index in [9.17, 15) is 13.2 Å². The third kappa shape index (κ3) is 6.45. The van der Waals surface area contributed by atoms with Crippen molar-refractivity contribution in [3.05, 3.63) is 59.2 Å². The predicted molar refractivity (Wildman–Crippen MR) is 126 cm³/mol. The Labute approximate surface area is 193 Å². The maximum Gasteiger partial charge on any atom is 0.417 e. The van der Waals surface area contributed by atoms with E-state index in [0.717, 1.165) is 57.0 Å². The van der Waals surface area contributed by atoms with Gasteiger partial charge in [0.05, 0.1) is 17.2 Å². The first kappa shape index (κ1) is 24.5. The molecule has 6 heteroatoms. The Kier molecular flexibility index (Phi) is 8.16. The molecular formula is C26H31F3N2S. The number of rotatable bonds is 8. The van der Waals surface area contributed by atoms with Gasteiger partial charge < -0.3 is 4.90 Å². The molecule has 172 valence electrons. The van der Waals surface area contributed by atoms with Gasteiger partial charge in [0, 0.05) is 23.7 Å². The van der Waals surface area contributed by atoms with Gasteiger partial charge in [0.1, 0.15) is 0 Å². The number of halogens is 3. The second kappa shape index (κ2) is 10.7. The summed E-state index contributed by atoms with van der Waals surface area (Å²) in [4.78, 5) is 3.34. The summed E-state index contributed by atoms with van der Waals surface area (Å²) in [6.07, 6.45) is 1.88. The highest BCUT2D eigenvalue weighted by Crippen LogP contribution is 2.39. The molecule has 1 fully saturated rings. The van der Waals surface area contributed by atoms with Crippen LogP contribution >= 0.6 is 11.8 Å². The third-order valence-electron chi connectivity index (χ3n) is 6.41. The maximum atomic E-state index is 13.3. The fourth-order valence-electron chi connectivity index (χ4n) is 4.31. The highest BCUT2D eigenvalue weighted by atomic mass is 32.2. The summed E-state index contributed by atoms with van der Waals surface area (Å²) < 4.78 is 39.9. The SMILES string of the molecule is CCCSc1ccc(CCCC2(C)CCN(c3ccc(C#N)c(C(F)(F)F)c3)CC2)cc1. The van der Waals surface area contributed by atoms with Crippen LogP contribution in [-0.4, -0.2) is 18.8 Å². The Bertz CT molecular complexity index is 924. The molecule has 2 aromatic carbocycles. The summed E-state index contributed by atoms with van der Waals surface area (Å²) in [5, 5.41) is 9.00. The molecule has 0 aliphatic carbocycles. The van der Waals surface area contributed by atoms with E-state index in [4.69, 9.17) is 5.26 Å². The van der Waals surface area contributed by atoms with Crippen molar-refractivity contribution in [1.82, 2.24) is 0 Å². The van der Waals surface area contributed by atoms with Gasteiger partial charge in [-0.1, -0.05) is 26.0 Å². The average Bonchev–Trinajstić information content (AvgIpc) is 2.78. The monoisotopic (exact) mass is 460 g/mol. The van der Waals surface area contributed by atoms with Crippen LogP contribution in [0.3, 0.4) is 0 Å². The zero-order valence-corrected chi connectivity index (χ0v) is 19.7. The summed E-state index contributed by atoms with van der Waals surface area (Å²) in [5.74, 6) is 1.15. The molecule has 0 N–H and O–H groups in total. The van der Waals surface area contributed by atoms with Gasteiger partial charge in [-0.25, -0.2) is 0 Å². The number of piperidine rings is 1. The first-order valence-electron chi connectivity index (χ1n) is 11.3. The molecule has 2 aromatic rings. The number of thioether (sulfide) groups is 1. The second-order valence-electron chi connectivity index (χ2n) is 8.98. The topological polar surface area (TPSA) is 27.0 Å². The van der Waals surface area contributed by atoms with E-state index in [1.54, 1.807) is 12.1 Å². The van der Waals surface area contributed by atoms with Crippen LogP contribution in [0.5, 0.6) is 0 Å². The van der Waals surface area contributed by atoms with Gasteiger partial charge in [0.25, 0.3) is 0 Å². The van der Waals surface area contributed by atoms with Crippen molar-refractivity contribution in [3.63, 3.8) is 0 Å². The smallest absolute Gasteiger partial charge is 0.371 e. The van der Waals surface area contributed by atoms with E-state index < -0.39 is 11.7 Å². The van der Waals surface area contributed by atoms with Crippen molar-refractivity contribution < 1.29 is 13.2 Å². The van der Waals surface area contributed by atoms with Gasteiger partial charge in [0.15, 0.2) is 0 Å². The highest BCUT2D eigenvalue weighted by Gasteiger charge is 2.35. The fraction of sp³-hybridized carbons (Fsp3) is 0.500. The van der Waals surface area contributed by atoms with E-state index >= 15 is 0 Å². The lowest BCUT2D eigenvalue weighted by molar-refractivity contribution is -0.137. The van der Waals surface area contributed by atoms with Gasteiger partial charge in [-0.15, -0.1) is 11.8 Å². The Morgan fingerprint density at radius 2 is 1.78 bits per heavy atom. The highest BCUT2D eigenvalue weighted by molar-refractivity contribution is 7.99. The molecule has 1 aliphatic rings. The normalized spacial score (nSPS) is 16.1. The molecule has 0 radical (unpaired) electrons. The molecule has 2 nitrogen and oxygen atoms in total. The summed E-state index contributed by atoms with van der Waals surface area (Å²) in [6, 6.07) is 14.6. The third-order valence-corrected chi connectivity index (χ3v) is 7.62.